The van der Waals surface area contributed by atoms with Crippen LogP contribution in [0, 0.1) is 0 Å². The molecule has 14 aromatic carbocycles. The molecule has 0 aliphatic carbocycles. The molecule has 0 aliphatic rings. The molecule has 0 saturated carbocycles. The predicted molar refractivity (Wildman–Crippen MR) is 245 cm³/mol. The fourth-order valence-electron chi connectivity index (χ4n) is 9.65. The van der Waals surface area contributed by atoms with Gasteiger partial charge in [0.1, 0.15) is 0 Å². The standard InChI is InChI=1S/2C20H12.C16H10/c2*1-2-7-17-15(4-1)12-16-9-8-13-5-3-6-14-10-11-18(17)20(16)19(13)14;1-3-11-7-9-13-5-2-6-14-10-8-12(4-1)15(11)16(13)14/h2*1-12H;1-10H. The zero-order valence-corrected chi connectivity index (χ0v) is 30.6. The summed E-state index contributed by atoms with van der Waals surface area (Å²) in [6.07, 6.45) is 0. The SMILES string of the molecule is c1cc2ccc3cccc4ccc(c1)c2c34.c1ccc2c(c1)cc1ccc3cccc4ccc2c1c34.c1ccc2c(c1)cc1ccc3cccc4ccc2c1c34. The van der Waals surface area contributed by atoms with Crippen molar-refractivity contribution in [2.45, 2.75) is 0 Å². The summed E-state index contributed by atoms with van der Waals surface area (Å²) < 4.78 is 0. The highest BCUT2D eigenvalue weighted by Crippen LogP contribution is 2.40. The average molecular weight is 707 g/mol. The number of hydrogen-bond acceptors (Lipinski definition) is 0. The average Bonchev–Trinajstić information content (AvgIpc) is 3.27. The van der Waals surface area contributed by atoms with E-state index in [0.717, 1.165) is 0 Å². The van der Waals surface area contributed by atoms with Crippen molar-refractivity contribution in [1.29, 1.82) is 0 Å². The Labute approximate surface area is 323 Å². The van der Waals surface area contributed by atoms with Crippen molar-refractivity contribution in [1.82, 2.24) is 0 Å². The highest BCUT2D eigenvalue weighted by molar-refractivity contribution is 6.30. The van der Waals surface area contributed by atoms with E-state index in [1.54, 1.807) is 0 Å². The Morgan fingerprint density at radius 2 is 0.393 bits per heavy atom. The molecule has 0 fully saturated rings. The molecular weight excluding hydrogens is 673 g/mol. The van der Waals surface area contributed by atoms with Gasteiger partial charge in [0.2, 0.25) is 0 Å². The van der Waals surface area contributed by atoms with E-state index in [9.17, 15) is 0 Å². The molecule has 0 aromatic heterocycles. The smallest absolute Gasteiger partial charge is 0.00204 e. The van der Waals surface area contributed by atoms with E-state index in [0.29, 0.717) is 0 Å². The van der Waals surface area contributed by atoms with Gasteiger partial charge in [-0.2, -0.15) is 0 Å². The van der Waals surface area contributed by atoms with Crippen molar-refractivity contribution < 1.29 is 0 Å². The molecule has 14 aromatic rings. The molecule has 0 bridgehead atoms. The first-order chi connectivity index (χ1) is 27.8. The van der Waals surface area contributed by atoms with Gasteiger partial charge in [0, 0.05) is 0 Å². The summed E-state index contributed by atoms with van der Waals surface area (Å²) in [6, 6.07) is 74.9. The highest BCUT2D eigenvalue weighted by atomic mass is 14.2. The van der Waals surface area contributed by atoms with E-state index in [1.807, 2.05) is 0 Å². The van der Waals surface area contributed by atoms with E-state index < -0.39 is 0 Å². The first kappa shape index (κ1) is 31.1. The molecule has 258 valence electrons. The van der Waals surface area contributed by atoms with Gasteiger partial charge in [0.25, 0.3) is 0 Å². The third-order valence-corrected chi connectivity index (χ3v) is 12.1. The lowest BCUT2D eigenvalue weighted by atomic mass is 9.91. The Balaban J connectivity index is 0.0000000932. The first-order valence-corrected chi connectivity index (χ1v) is 19.5. The van der Waals surface area contributed by atoms with Crippen LogP contribution in [0.2, 0.25) is 0 Å². The molecule has 0 N–H and O–H groups in total. The minimum absolute atomic E-state index is 1.32. The zero-order valence-electron chi connectivity index (χ0n) is 30.6. The first-order valence-electron chi connectivity index (χ1n) is 19.5. The Bertz CT molecular complexity index is 3410. The van der Waals surface area contributed by atoms with Gasteiger partial charge < -0.3 is 0 Å². The zero-order chi connectivity index (χ0) is 36.7. The van der Waals surface area contributed by atoms with Gasteiger partial charge in [0.15, 0.2) is 0 Å². The molecule has 0 radical (unpaired) electrons. The Hall–Kier alpha value is -7.28. The van der Waals surface area contributed by atoms with Gasteiger partial charge in [-0.15, -0.1) is 0 Å². The van der Waals surface area contributed by atoms with Crippen molar-refractivity contribution in [3.8, 4) is 0 Å². The monoisotopic (exact) mass is 706 g/mol. The number of benzene rings is 14. The van der Waals surface area contributed by atoms with Crippen LogP contribution in [-0.4, -0.2) is 0 Å². The molecule has 0 amide bonds. The fourth-order valence-corrected chi connectivity index (χ4v) is 9.65. The molecule has 0 atom stereocenters. The Kier molecular flexibility index (Phi) is 6.73. The number of hydrogen-bond donors (Lipinski definition) is 0. The van der Waals surface area contributed by atoms with E-state index in [-0.39, 0.29) is 0 Å². The molecule has 0 nitrogen and oxygen atoms in total. The van der Waals surface area contributed by atoms with Crippen LogP contribution >= 0.6 is 0 Å². The van der Waals surface area contributed by atoms with Crippen LogP contribution in [-0.2, 0) is 0 Å². The van der Waals surface area contributed by atoms with Gasteiger partial charge in [-0.25, -0.2) is 0 Å². The highest BCUT2D eigenvalue weighted by Gasteiger charge is 2.12. The summed E-state index contributed by atoms with van der Waals surface area (Å²) >= 11 is 0. The van der Waals surface area contributed by atoms with Crippen LogP contribution in [0.5, 0.6) is 0 Å². The fraction of sp³-hybridized carbons (Fsp3) is 0. The van der Waals surface area contributed by atoms with Crippen LogP contribution in [0.15, 0.2) is 206 Å². The van der Waals surface area contributed by atoms with Crippen molar-refractivity contribution >= 4 is 118 Å². The lowest BCUT2D eigenvalue weighted by Crippen LogP contribution is -1.85. The third-order valence-electron chi connectivity index (χ3n) is 12.1. The predicted octanol–water partition coefficient (Wildman–Crippen LogP) is 16.1. The summed E-state index contributed by atoms with van der Waals surface area (Å²) in [7, 11) is 0. The largest absolute Gasteiger partial charge is 0.0616 e. The van der Waals surface area contributed by atoms with Crippen molar-refractivity contribution in [2.75, 3.05) is 0 Å². The Morgan fingerprint density at radius 3 is 0.732 bits per heavy atom. The van der Waals surface area contributed by atoms with Crippen LogP contribution in [0.3, 0.4) is 0 Å². The van der Waals surface area contributed by atoms with Crippen molar-refractivity contribution in [3.05, 3.63) is 206 Å². The van der Waals surface area contributed by atoms with E-state index in [1.165, 1.54) is 118 Å². The number of fused-ring (bicyclic) bond motifs is 4. The van der Waals surface area contributed by atoms with Crippen LogP contribution in [0.4, 0.5) is 0 Å². The molecule has 14 rings (SSSR count). The maximum Gasteiger partial charge on any atom is -0.00204 e. The quantitative estimate of drug-likeness (QED) is 0.109. The second-order valence-corrected chi connectivity index (χ2v) is 15.2. The molecule has 0 aliphatic heterocycles. The molecule has 56 heavy (non-hydrogen) atoms. The maximum absolute atomic E-state index is 2.31. The molecule has 0 heteroatoms. The molecule has 0 unspecified atom stereocenters. The van der Waals surface area contributed by atoms with E-state index in [4.69, 9.17) is 0 Å². The third kappa shape index (κ3) is 4.66. The molecule has 0 saturated heterocycles. The summed E-state index contributed by atoms with van der Waals surface area (Å²) in [4.78, 5) is 0. The second kappa shape index (κ2) is 12.1. The minimum Gasteiger partial charge on any atom is -0.0616 e. The number of rotatable bonds is 0. The van der Waals surface area contributed by atoms with Gasteiger partial charge >= 0.3 is 0 Å². The topological polar surface area (TPSA) is 0 Å². The second-order valence-electron chi connectivity index (χ2n) is 15.2. The van der Waals surface area contributed by atoms with Gasteiger partial charge in [-0.05, 0) is 131 Å². The lowest BCUT2D eigenvalue weighted by Gasteiger charge is -2.12. The van der Waals surface area contributed by atoms with E-state index >= 15 is 0 Å². The van der Waals surface area contributed by atoms with Gasteiger partial charge in [-0.1, -0.05) is 194 Å². The molecule has 0 spiro atoms. The minimum atomic E-state index is 1.32. The Morgan fingerprint density at radius 1 is 0.143 bits per heavy atom. The maximum atomic E-state index is 2.31. The van der Waals surface area contributed by atoms with Gasteiger partial charge in [-0.3, -0.25) is 0 Å². The van der Waals surface area contributed by atoms with Crippen LogP contribution in [0.25, 0.3) is 118 Å². The normalized spacial score (nSPS) is 11.9. The molecule has 0 heterocycles. The lowest BCUT2D eigenvalue weighted by molar-refractivity contribution is 1.78. The molecular formula is C56H34. The van der Waals surface area contributed by atoms with Crippen molar-refractivity contribution in [3.63, 3.8) is 0 Å². The summed E-state index contributed by atoms with van der Waals surface area (Å²) in [5, 5.41) is 29.8. The van der Waals surface area contributed by atoms with Crippen molar-refractivity contribution in [2.24, 2.45) is 0 Å². The summed E-state index contributed by atoms with van der Waals surface area (Å²) in [5.74, 6) is 0. The van der Waals surface area contributed by atoms with E-state index in [2.05, 4.69) is 206 Å². The van der Waals surface area contributed by atoms with Crippen LogP contribution in [0.1, 0.15) is 0 Å². The summed E-state index contributed by atoms with van der Waals surface area (Å²) in [5.41, 5.74) is 0. The van der Waals surface area contributed by atoms with Crippen LogP contribution < -0.4 is 0 Å². The summed E-state index contributed by atoms with van der Waals surface area (Å²) in [6.45, 7) is 0. The van der Waals surface area contributed by atoms with Gasteiger partial charge in [0.05, 0.1) is 0 Å².